The molecule has 2 aliphatic heterocycles. The van der Waals surface area contributed by atoms with E-state index in [1.807, 2.05) is 62.4 Å². The summed E-state index contributed by atoms with van der Waals surface area (Å²) in [7, 11) is -1.98. The Morgan fingerprint density at radius 2 is 1.82 bits per heavy atom. The number of rotatable bonds is 3. The van der Waals surface area contributed by atoms with E-state index >= 15 is 0 Å². The van der Waals surface area contributed by atoms with E-state index in [9.17, 15) is 8.42 Å². The Morgan fingerprint density at radius 1 is 1.03 bits per heavy atom. The van der Waals surface area contributed by atoms with Crippen LogP contribution in [0.25, 0.3) is 0 Å². The number of amidine groups is 1. The van der Waals surface area contributed by atoms with Gasteiger partial charge < -0.3 is 14.4 Å². The number of piperazine rings is 1. The molecule has 0 aliphatic carbocycles. The van der Waals surface area contributed by atoms with Crippen LogP contribution < -0.4 is 9.47 Å². The fourth-order valence-electron chi connectivity index (χ4n) is 4.52. The topological polar surface area (TPSA) is 71.4 Å². The molecule has 3 aromatic rings. The van der Waals surface area contributed by atoms with Gasteiger partial charge in [0.1, 0.15) is 11.5 Å². The first-order valence-electron chi connectivity index (χ1n) is 11.2. The largest absolute Gasteiger partial charge is 0.493 e. The molecular weight excluding hydrogens is 450 g/mol. The minimum absolute atomic E-state index is 0.240. The van der Waals surface area contributed by atoms with Crippen molar-refractivity contribution >= 4 is 21.5 Å². The highest BCUT2D eigenvalue weighted by Crippen LogP contribution is 2.43. The Hall–Kier alpha value is -3.36. The van der Waals surface area contributed by atoms with Gasteiger partial charge in [-0.2, -0.15) is 4.31 Å². The van der Waals surface area contributed by atoms with Crippen molar-refractivity contribution in [3.05, 3.63) is 77.9 Å². The molecule has 0 saturated carbocycles. The summed E-state index contributed by atoms with van der Waals surface area (Å²) in [6, 6.07) is 20.2. The lowest BCUT2D eigenvalue weighted by molar-refractivity contribution is 0.205. The van der Waals surface area contributed by atoms with Gasteiger partial charge in [-0.3, -0.25) is 0 Å². The summed E-state index contributed by atoms with van der Waals surface area (Å²) in [6.45, 7) is 5.21. The SMILES string of the molecule is COc1cccc2c1Oc1ccccc1N=C2N1CCN(S(=O)(=O)c2cccc(C)c2)[C@@H](C)C1. The summed E-state index contributed by atoms with van der Waals surface area (Å²) < 4.78 is 40.2. The summed E-state index contributed by atoms with van der Waals surface area (Å²) in [6.07, 6.45) is 0. The predicted molar refractivity (Wildman–Crippen MR) is 132 cm³/mol. The predicted octanol–water partition coefficient (Wildman–Crippen LogP) is 4.58. The van der Waals surface area contributed by atoms with Gasteiger partial charge in [-0.1, -0.05) is 30.3 Å². The molecule has 2 aliphatic rings. The van der Waals surface area contributed by atoms with Crippen LogP contribution in [0.2, 0.25) is 0 Å². The average molecular weight is 478 g/mol. The van der Waals surface area contributed by atoms with Crippen LogP contribution in [0.3, 0.4) is 0 Å². The lowest BCUT2D eigenvalue weighted by atomic mass is 10.1. The molecule has 2 heterocycles. The third kappa shape index (κ3) is 3.93. The number of sulfonamides is 1. The molecule has 1 atom stereocenters. The first-order valence-corrected chi connectivity index (χ1v) is 12.7. The summed E-state index contributed by atoms with van der Waals surface area (Å²) in [4.78, 5) is 7.43. The molecule has 1 saturated heterocycles. The molecule has 176 valence electrons. The van der Waals surface area contributed by atoms with Crippen LogP contribution in [-0.4, -0.2) is 56.2 Å². The van der Waals surface area contributed by atoms with Gasteiger partial charge in [0.25, 0.3) is 0 Å². The molecule has 0 bridgehead atoms. The third-order valence-corrected chi connectivity index (χ3v) is 8.22. The molecular formula is C26H27N3O4S. The number of methoxy groups -OCH3 is 1. The second-order valence-corrected chi connectivity index (χ2v) is 10.5. The molecule has 5 rings (SSSR count). The first-order chi connectivity index (χ1) is 16.4. The van der Waals surface area contributed by atoms with E-state index in [-0.39, 0.29) is 6.04 Å². The number of fused-ring (bicyclic) bond motifs is 2. The maximum atomic E-state index is 13.4. The van der Waals surface area contributed by atoms with E-state index in [2.05, 4.69) is 4.90 Å². The molecule has 0 amide bonds. The van der Waals surface area contributed by atoms with Crippen molar-refractivity contribution in [2.24, 2.45) is 4.99 Å². The number of nitrogens with zero attached hydrogens (tertiary/aromatic N) is 3. The van der Waals surface area contributed by atoms with Gasteiger partial charge in [0.15, 0.2) is 17.2 Å². The monoisotopic (exact) mass is 477 g/mol. The van der Waals surface area contributed by atoms with Crippen molar-refractivity contribution < 1.29 is 17.9 Å². The van der Waals surface area contributed by atoms with Crippen molar-refractivity contribution in [2.45, 2.75) is 24.8 Å². The number of para-hydroxylation sites is 3. The highest BCUT2D eigenvalue weighted by atomic mass is 32.2. The van der Waals surface area contributed by atoms with E-state index in [0.29, 0.717) is 41.8 Å². The second kappa shape index (κ2) is 8.77. The van der Waals surface area contributed by atoms with E-state index in [1.165, 1.54) is 0 Å². The lowest BCUT2D eigenvalue weighted by Gasteiger charge is -2.40. The number of aryl methyl sites for hydroxylation is 1. The van der Waals surface area contributed by atoms with Gasteiger partial charge in [0, 0.05) is 25.7 Å². The van der Waals surface area contributed by atoms with Gasteiger partial charge in [-0.25, -0.2) is 13.4 Å². The van der Waals surface area contributed by atoms with Gasteiger partial charge in [0.05, 0.1) is 17.6 Å². The maximum Gasteiger partial charge on any atom is 0.243 e. The Labute approximate surface area is 200 Å². The standard InChI is InChI=1S/C26H27N3O4S/c1-18-8-6-9-20(16-18)34(30,31)29-15-14-28(17-19(29)2)26-21-10-7-13-24(32-3)25(21)33-23-12-5-4-11-22(23)27-26/h4-13,16,19H,14-15,17H2,1-3H3/t19-/m0/s1. The van der Waals surface area contributed by atoms with Crippen LogP contribution in [-0.2, 0) is 10.0 Å². The van der Waals surface area contributed by atoms with Crippen LogP contribution in [0.15, 0.2) is 76.6 Å². The molecule has 3 aromatic carbocycles. The van der Waals surface area contributed by atoms with Crippen molar-refractivity contribution in [3.8, 4) is 17.2 Å². The highest BCUT2D eigenvalue weighted by molar-refractivity contribution is 7.89. The lowest BCUT2D eigenvalue weighted by Crippen LogP contribution is -2.55. The first kappa shape index (κ1) is 22.4. The summed E-state index contributed by atoms with van der Waals surface area (Å²) in [5, 5.41) is 0. The number of benzene rings is 3. The van der Waals surface area contributed by atoms with Crippen LogP contribution in [0.1, 0.15) is 18.1 Å². The quantitative estimate of drug-likeness (QED) is 0.552. The van der Waals surface area contributed by atoms with Gasteiger partial charge in [-0.05, 0) is 55.8 Å². The summed E-state index contributed by atoms with van der Waals surface area (Å²) >= 11 is 0. The Balaban J connectivity index is 1.50. The second-order valence-electron chi connectivity index (χ2n) is 8.57. The number of hydrogen-bond donors (Lipinski definition) is 0. The van der Waals surface area contributed by atoms with Crippen LogP contribution in [0.4, 0.5) is 5.69 Å². The fourth-order valence-corrected chi connectivity index (χ4v) is 6.24. The molecule has 0 unspecified atom stereocenters. The fraction of sp³-hybridized carbons (Fsp3) is 0.269. The van der Waals surface area contributed by atoms with Gasteiger partial charge >= 0.3 is 0 Å². The maximum absolute atomic E-state index is 13.4. The van der Waals surface area contributed by atoms with E-state index < -0.39 is 10.0 Å². The minimum atomic E-state index is -3.59. The number of ether oxygens (including phenoxy) is 2. The zero-order valence-corrected chi connectivity index (χ0v) is 20.2. The van der Waals surface area contributed by atoms with Crippen molar-refractivity contribution in [1.82, 2.24) is 9.21 Å². The molecule has 0 aromatic heterocycles. The minimum Gasteiger partial charge on any atom is -0.493 e. The molecule has 0 N–H and O–H groups in total. The molecule has 1 fully saturated rings. The van der Waals surface area contributed by atoms with Crippen LogP contribution in [0.5, 0.6) is 17.2 Å². The molecule has 0 spiro atoms. The van der Waals surface area contributed by atoms with Gasteiger partial charge in [0.2, 0.25) is 10.0 Å². The molecule has 0 radical (unpaired) electrons. The Bertz CT molecular complexity index is 1370. The summed E-state index contributed by atoms with van der Waals surface area (Å²) in [5.41, 5.74) is 2.46. The average Bonchev–Trinajstić information content (AvgIpc) is 3.00. The van der Waals surface area contributed by atoms with E-state index in [0.717, 1.165) is 22.6 Å². The number of hydrogen-bond acceptors (Lipinski definition) is 6. The zero-order chi connectivity index (χ0) is 23.9. The molecule has 7 nitrogen and oxygen atoms in total. The Kier molecular flexibility index (Phi) is 5.79. The van der Waals surface area contributed by atoms with Gasteiger partial charge in [-0.15, -0.1) is 0 Å². The molecule has 8 heteroatoms. The smallest absolute Gasteiger partial charge is 0.243 e. The van der Waals surface area contributed by atoms with Crippen molar-refractivity contribution in [3.63, 3.8) is 0 Å². The van der Waals surface area contributed by atoms with Crippen LogP contribution >= 0.6 is 0 Å². The third-order valence-electron chi connectivity index (χ3n) is 6.21. The van der Waals surface area contributed by atoms with E-state index in [4.69, 9.17) is 14.5 Å². The molecule has 34 heavy (non-hydrogen) atoms. The zero-order valence-electron chi connectivity index (χ0n) is 19.4. The Morgan fingerprint density at radius 3 is 2.59 bits per heavy atom. The van der Waals surface area contributed by atoms with Crippen LogP contribution in [0, 0.1) is 6.92 Å². The van der Waals surface area contributed by atoms with Crippen molar-refractivity contribution in [1.29, 1.82) is 0 Å². The van der Waals surface area contributed by atoms with E-state index in [1.54, 1.807) is 29.6 Å². The summed E-state index contributed by atoms with van der Waals surface area (Å²) in [5.74, 6) is 2.63. The van der Waals surface area contributed by atoms with Crippen molar-refractivity contribution in [2.75, 3.05) is 26.7 Å². The highest BCUT2D eigenvalue weighted by Gasteiger charge is 2.36. The number of aliphatic imine (C=N–C) groups is 1. The normalized spacial score (nSPS) is 18.3.